The summed E-state index contributed by atoms with van der Waals surface area (Å²) < 4.78 is 7.24. The van der Waals surface area contributed by atoms with Gasteiger partial charge in [0, 0.05) is 17.8 Å². The lowest BCUT2D eigenvalue weighted by atomic mass is 10.1. The van der Waals surface area contributed by atoms with Crippen LogP contribution in [0.3, 0.4) is 0 Å². The Balaban J connectivity index is 2.57. The second-order valence-corrected chi connectivity index (χ2v) is 4.71. The Morgan fingerprint density at radius 3 is 2.61 bits per heavy atom. The Kier molecular flexibility index (Phi) is 3.28. The fraction of sp³-hybridized carbons (Fsp3) is 0.357. The van der Waals surface area contributed by atoms with Crippen molar-refractivity contribution in [3.8, 4) is 17.0 Å². The molecule has 1 aromatic heterocycles. The van der Waals surface area contributed by atoms with Crippen molar-refractivity contribution in [2.24, 2.45) is 0 Å². The number of benzene rings is 1. The van der Waals surface area contributed by atoms with Crippen molar-refractivity contribution in [3.63, 3.8) is 0 Å². The van der Waals surface area contributed by atoms with E-state index in [1.54, 1.807) is 7.11 Å². The summed E-state index contributed by atoms with van der Waals surface area (Å²) in [5, 5.41) is 4.54. The molecule has 0 unspecified atom stereocenters. The number of methoxy groups -OCH3 is 1. The summed E-state index contributed by atoms with van der Waals surface area (Å²) in [6.07, 6.45) is 1.86. The maximum atomic E-state index is 6.05. The minimum atomic E-state index is 0.289. The molecule has 0 amide bonds. The van der Waals surface area contributed by atoms with Crippen molar-refractivity contribution in [3.05, 3.63) is 30.0 Å². The normalized spacial score (nSPS) is 10.9. The van der Waals surface area contributed by atoms with Crippen LogP contribution in [0.1, 0.15) is 25.5 Å². The second-order valence-electron chi connectivity index (χ2n) is 4.71. The van der Waals surface area contributed by atoms with Crippen LogP contribution in [0.2, 0.25) is 0 Å². The zero-order valence-corrected chi connectivity index (χ0v) is 11.3. The predicted octanol–water partition coefficient (Wildman–Crippen LogP) is 3.03. The van der Waals surface area contributed by atoms with Gasteiger partial charge in [0.05, 0.1) is 12.8 Å². The molecule has 96 valence electrons. The first-order valence-electron chi connectivity index (χ1n) is 6.02. The third-order valence-corrected chi connectivity index (χ3v) is 2.90. The number of aromatic nitrogens is 2. The second kappa shape index (κ2) is 4.72. The average Bonchev–Trinajstić information content (AvgIpc) is 2.71. The fourth-order valence-corrected chi connectivity index (χ4v) is 1.89. The minimum Gasteiger partial charge on any atom is -0.496 e. The van der Waals surface area contributed by atoms with E-state index in [1.165, 1.54) is 0 Å². The van der Waals surface area contributed by atoms with Crippen molar-refractivity contribution in [1.82, 2.24) is 9.78 Å². The van der Waals surface area contributed by atoms with Crippen LogP contribution in [-0.4, -0.2) is 16.9 Å². The number of anilines is 1. The molecule has 0 bridgehead atoms. The van der Waals surface area contributed by atoms with Gasteiger partial charge in [0.2, 0.25) is 0 Å². The van der Waals surface area contributed by atoms with E-state index in [1.807, 2.05) is 36.0 Å². The van der Waals surface area contributed by atoms with Crippen LogP contribution in [0.25, 0.3) is 11.3 Å². The number of hydrogen-bond donors (Lipinski definition) is 1. The van der Waals surface area contributed by atoms with Gasteiger partial charge < -0.3 is 10.5 Å². The SMILES string of the molecule is COc1ccc(C)cc1-c1nn(C(C)C)cc1N. The van der Waals surface area contributed by atoms with E-state index >= 15 is 0 Å². The minimum absolute atomic E-state index is 0.289. The van der Waals surface area contributed by atoms with Crippen molar-refractivity contribution in [1.29, 1.82) is 0 Å². The number of nitrogen functional groups attached to an aromatic ring is 1. The molecule has 18 heavy (non-hydrogen) atoms. The van der Waals surface area contributed by atoms with E-state index in [9.17, 15) is 0 Å². The van der Waals surface area contributed by atoms with E-state index in [2.05, 4.69) is 18.9 Å². The van der Waals surface area contributed by atoms with E-state index in [-0.39, 0.29) is 6.04 Å². The molecule has 2 rings (SSSR count). The molecule has 0 spiro atoms. The highest BCUT2D eigenvalue weighted by atomic mass is 16.5. The largest absolute Gasteiger partial charge is 0.496 e. The molecule has 0 aliphatic rings. The maximum absolute atomic E-state index is 6.05. The monoisotopic (exact) mass is 245 g/mol. The highest BCUT2D eigenvalue weighted by Gasteiger charge is 2.14. The lowest BCUT2D eigenvalue weighted by molar-refractivity contribution is 0.416. The molecule has 0 aliphatic carbocycles. The Hall–Kier alpha value is -1.97. The Morgan fingerprint density at radius 1 is 1.33 bits per heavy atom. The zero-order chi connectivity index (χ0) is 13.3. The lowest BCUT2D eigenvalue weighted by Gasteiger charge is -2.08. The molecule has 0 radical (unpaired) electrons. The van der Waals surface area contributed by atoms with Gasteiger partial charge in [0.1, 0.15) is 11.4 Å². The van der Waals surface area contributed by atoms with Gasteiger partial charge in [-0.25, -0.2) is 0 Å². The smallest absolute Gasteiger partial charge is 0.128 e. The molecule has 2 aromatic rings. The van der Waals surface area contributed by atoms with Gasteiger partial charge in [0.15, 0.2) is 0 Å². The van der Waals surface area contributed by atoms with E-state index in [0.29, 0.717) is 5.69 Å². The molecule has 0 aliphatic heterocycles. The number of nitrogens with two attached hydrogens (primary N) is 1. The van der Waals surface area contributed by atoms with Gasteiger partial charge in [-0.05, 0) is 32.9 Å². The molecular weight excluding hydrogens is 226 g/mol. The standard InChI is InChI=1S/C14H19N3O/c1-9(2)17-8-12(15)14(16-17)11-7-10(3)5-6-13(11)18-4/h5-9H,15H2,1-4H3. The predicted molar refractivity (Wildman–Crippen MR) is 73.7 cm³/mol. The van der Waals surface area contributed by atoms with Crippen LogP contribution in [0.15, 0.2) is 24.4 Å². The summed E-state index contributed by atoms with van der Waals surface area (Å²) in [6, 6.07) is 6.29. The van der Waals surface area contributed by atoms with Gasteiger partial charge >= 0.3 is 0 Å². The molecule has 0 fully saturated rings. The number of aryl methyl sites for hydroxylation is 1. The van der Waals surface area contributed by atoms with Gasteiger partial charge in [-0.3, -0.25) is 4.68 Å². The Bertz CT molecular complexity index is 558. The Labute approximate surface area is 107 Å². The van der Waals surface area contributed by atoms with Crippen molar-refractivity contribution >= 4 is 5.69 Å². The third-order valence-electron chi connectivity index (χ3n) is 2.90. The van der Waals surface area contributed by atoms with E-state index < -0.39 is 0 Å². The highest BCUT2D eigenvalue weighted by Crippen LogP contribution is 2.33. The van der Waals surface area contributed by atoms with E-state index in [4.69, 9.17) is 10.5 Å². The molecule has 0 saturated heterocycles. The third kappa shape index (κ3) is 2.18. The number of rotatable bonds is 3. The van der Waals surface area contributed by atoms with Gasteiger partial charge in [-0.15, -0.1) is 0 Å². The summed E-state index contributed by atoms with van der Waals surface area (Å²) in [7, 11) is 1.66. The van der Waals surface area contributed by atoms with Crippen molar-refractivity contribution in [2.45, 2.75) is 26.8 Å². The fourth-order valence-electron chi connectivity index (χ4n) is 1.89. The summed E-state index contributed by atoms with van der Waals surface area (Å²) in [5.41, 5.74) is 9.60. The van der Waals surface area contributed by atoms with Crippen LogP contribution in [0.5, 0.6) is 5.75 Å². The molecule has 1 aromatic carbocycles. The summed E-state index contributed by atoms with van der Waals surface area (Å²) in [4.78, 5) is 0. The van der Waals surface area contributed by atoms with Gasteiger partial charge in [-0.1, -0.05) is 11.6 Å². The molecule has 1 heterocycles. The zero-order valence-electron chi connectivity index (χ0n) is 11.3. The van der Waals surface area contributed by atoms with Gasteiger partial charge in [-0.2, -0.15) is 5.10 Å². The topological polar surface area (TPSA) is 53.1 Å². The molecule has 4 heteroatoms. The van der Waals surface area contributed by atoms with Crippen LogP contribution >= 0.6 is 0 Å². The maximum Gasteiger partial charge on any atom is 0.128 e. The highest BCUT2D eigenvalue weighted by molar-refractivity contribution is 5.77. The van der Waals surface area contributed by atoms with E-state index in [0.717, 1.165) is 22.6 Å². The van der Waals surface area contributed by atoms with Crippen LogP contribution in [0, 0.1) is 6.92 Å². The average molecular weight is 245 g/mol. The van der Waals surface area contributed by atoms with Crippen molar-refractivity contribution in [2.75, 3.05) is 12.8 Å². The van der Waals surface area contributed by atoms with Crippen LogP contribution in [-0.2, 0) is 0 Å². The quantitative estimate of drug-likeness (QED) is 0.904. The molecular formula is C14H19N3O. The van der Waals surface area contributed by atoms with Crippen LogP contribution in [0.4, 0.5) is 5.69 Å². The van der Waals surface area contributed by atoms with Gasteiger partial charge in [0.25, 0.3) is 0 Å². The number of hydrogen-bond acceptors (Lipinski definition) is 3. The summed E-state index contributed by atoms with van der Waals surface area (Å²) >= 11 is 0. The number of ether oxygens (including phenoxy) is 1. The first-order chi connectivity index (χ1) is 8.52. The van der Waals surface area contributed by atoms with Crippen LogP contribution < -0.4 is 10.5 Å². The number of nitrogens with zero attached hydrogens (tertiary/aromatic N) is 2. The lowest BCUT2D eigenvalue weighted by Crippen LogP contribution is -2.01. The molecule has 4 nitrogen and oxygen atoms in total. The molecule has 0 saturated carbocycles. The first kappa shape index (κ1) is 12.5. The molecule has 0 atom stereocenters. The molecule has 2 N–H and O–H groups in total. The Morgan fingerprint density at radius 2 is 2.06 bits per heavy atom. The summed E-state index contributed by atoms with van der Waals surface area (Å²) in [6.45, 7) is 6.19. The summed E-state index contributed by atoms with van der Waals surface area (Å²) in [5.74, 6) is 0.793. The van der Waals surface area contributed by atoms with Crippen molar-refractivity contribution < 1.29 is 4.74 Å². The first-order valence-corrected chi connectivity index (χ1v) is 6.02.